The molecule has 1 aromatic heterocycles. The van der Waals surface area contributed by atoms with Crippen LogP contribution in [0.1, 0.15) is 30.9 Å². The number of carbonyl (C=O) groups excluding carboxylic acids is 1. The van der Waals surface area contributed by atoms with E-state index in [4.69, 9.17) is 16.7 Å². The summed E-state index contributed by atoms with van der Waals surface area (Å²) in [5.41, 5.74) is 3.23. The van der Waals surface area contributed by atoms with Gasteiger partial charge in [-0.2, -0.15) is 4.98 Å². The zero-order chi connectivity index (χ0) is 19.3. The van der Waals surface area contributed by atoms with Crippen molar-refractivity contribution in [1.82, 2.24) is 14.8 Å². The molecule has 28 heavy (non-hydrogen) atoms. The second-order valence-electron chi connectivity index (χ2n) is 6.97. The van der Waals surface area contributed by atoms with Crippen molar-refractivity contribution in [2.24, 2.45) is 0 Å². The van der Waals surface area contributed by atoms with E-state index in [0.29, 0.717) is 28.8 Å². The van der Waals surface area contributed by atoms with Crippen molar-refractivity contribution in [2.45, 2.75) is 25.3 Å². The lowest BCUT2D eigenvalue weighted by molar-refractivity contribution is -0.116. The maximum Gasteiger partial charge on any atom is 0.226 e. The smallest absolute Gasteiger partial charge is 0.226 e. The summed E-state index contributed by atoms with van der Waals surface area (Å²) in [7, 11) is 0. The van der Waals surface area contributed by atoms with E-state index in [1.807, 2.05) is 24.3 Å². The number of nitrogens with one attached hydrogen (secondary N) is 1. The molecule has 1 aliphatic carbocycles. The molecule has 140 valence electrons. The van der Waals surface area contributed by atoms with Crippen molar-refractivity contribution in [3.63, 3.8) is 0 Å². The number of phenols is 1. The highest BCUT2D eigenvalue weighted by Gasteiger charge is 2.37. The van der Waals surface area contributed by atoms with Crippen LogP contribution in [0.15, 0.2) is 59.8 Å². The predicted octanol–water partition coefficient (Wildman–Crippen LogP) is 4.33. The molecule has 2 heterocycles. The number of benzene rings is 2. The molecule has 2 N–H and O–H groups in total. The first-order valence-corrected chi connectivity index (χ1v) is 9.53. The van der Waals surface area contributed by atoms with Crippen LogP contribution in [0, 0.1) is 0 Å². The standard InChI is InChI=1S/C21H17ClN4O2/c22-15-5-2-1-4-14(15)19-18-16(6-3-7-17(18)28)23-21-24-20(25-26(19)21)12-8-10-13(27)11-9-12/h1-2,4-5,8-11,19,27H,3,6-7H2,(H,23,24,25)/t19-/m1/s1. The Labute approximate surface area is 166 Å². The highest BCUT2D eigenvalue weighted by molar-refractivity contribution is 6.31. The molecule has 1 aliphatic heterocycles. The van der Waals surface area contributed by atoms with Crippen LogP contribution in [0.2, 0.25) is 5.02 Å². The van der Waals surface area contributed by atoms with Gasteiger partial charge in [-0.3, -0.25) is 4.79 Å². The molecule has 7 heteroatoms. The van der Waals surface area contributed by atoms with Crippen LogP contribution >= 0.6 is 11.6 Å². The third kappa shape index (κ3) is 2.68. The average Bonchev–Trinajstić information content (AvgIpc) is 3.11. The molecule has 2 aromatic carbocycles. The van der Waals surface area contributed by atoms with Gasteiger partial charge in [-0.15, -0.1) is 5.10 Å². The van der Waals surface area contributed by atoms with Gasteiger partial charge in [-0.25, -0.2) is 4.68 Å². The summed E-state index contributed by atoms with van der Waals surface area (Å²) in [4.78, 5) is 17.5. The molecule has 0 saturated carbocycles. The van der Waals surface area contributed by atoms with Gasteiger partial charge in [0.2, 0.25) is 5.95 Å². The molecule has 0 saturated heterocycles. The zero-order valence-electron chi connectivity index (χ0n) is 14.9. The van der Waals surface area contributed by atoms with Crippen LogP contribution in [-0.4, -0.2) is 25.7 Å². The molecule has 3 aromatic rings. The molecular formula is C21H17ClN4O2. The third-order valence-corrected chi connectivity index (χ3v) is 5.54. The Hall–Kier alpha value is -3.12. The van der Waals surface area contributed by atoms with Crippen LogP contribution in [0.3, 0.4) is 0 Å². The Morgan fingerprint density at radius 3 is 2.68 bits per heavy atom. The molecule has 6 nitrogen and oxygen atoms in total. The maximum atomic E-state index is 12.8. The van der Waals surface area contributed by atoms with Crippen LogP contribution in [-0.2, 0) is 4.79 Å². The number of hydrogen-bond acceptors (Lipinski definition) is 5. The fourth-order valence-electron chi connectivity index (χ4n) is 3.87. The maximum absolute atomic E-state index is 12.8. The largest absolute Gasteiger partial charge is 0.508 e. The number of anilines is 1. The fraction of sp³-hybridized carbons (Fsp3) is 0.190. The Bertz CT molecular complexity index is 1120. The number of halogens is 1. The summed E-state index contributed by atoms with van der Waals surface area (Å²) in [5.74, 6) is 1.40. The highest BCUT2D eigenvalue weighted by Crippen LogP contribution is 2.42. The van der Waals surface area contributed by atoms with Crippen LogP contribution in [0.4, 0.5) is 5.95 Å². The first kappa shape index (κ1) is 17.0. The molecule has 0 unspecified atom stereocenters. The van der Waals surface area contributed by atoms with Crippen molar-refractivity contribution in [3.05, 3.63) is 70.4 Å². The van der Waals surface area contributed by atoms with E-state index in [9.17, 15) is 9.90 Å². The van der Waals surface area contributed by atoms with Gasteiger partial charge < -0.3 is 10.4 Å². The van der Waals surface area contributed by atoms with E-state index in [1.165, 1.54) is 0 Å². The van der Waals surface area contributed by atoms with Crippen molar-refractivity contribution < 1.29 is 9.90 Å². The van der Waals surface area contributed by atoms with E-state index < -0.39 is 6.04 Å². The summed E-state index contributed by atoms with van der Waals surface area (Å²) in [6.45, 7) is 0. The molecule has 2 aliphatic rings. The molecule has 0 spiro atoms. The first-order valence-electron chi connectivity index (χ1n) is 9.15. The number of Topliss-reactive ketones (excluding diaryl/α,β-unsaturated/α-hetero) is 1. The number of phenolic OH excluding ortho intramolecular Hbond substituents is 1. The van der Waals surface area contributed by atoms with Gasteiger partial charge in [0.15, 0.2) is 11.6 Å². The Morgan fingerprint density at radius 2 is 1.89 bits per heavy atom. The van der Waals surface area contributed by atoms with Crippen LogP contribution in [0.5, 0.6) is 5.75 Å². The monoisotopic (exact) mass is 392 g/mol. The minimum absolute atomic E-state index is 0.117. The van der Waals surface area contributed by atoms with Gasteiger partial charge in [0.05, 0.1) is 0 Å². The quantitative estimate of drug-likeness (QED) is 0.678. The van der Waals surface area contributed by atoms with Gasteiger partial charge in [-0.05, 0) is 43.2 Å². The number of ketones is 1. The number of fused-ring (bicyclic) bond motifs is 1. The lowest BCUT2D eigenvalue weighted by Crippen LogP contribution is -2.31. The molecular weight excluding hydrogens is 376 g/mol. The second-order valence-corrected chi connectivity index (χ2v) is 7.38. The van der Waals surface area contributed by atoms with E-state index >= 15 is 0 Å². The number of carbonyl (C=O) groups is 1. The van der Waals surface area contributed by atoms with Gasteiger partial charge in [0.25, 0.3) is 0 Å². The van der Waals surface area contributed by atoms with Gasteiger partial charge in [0.1, 0.15) is 11.8 Å². The van der Waals surface area contributed by atoms with Crippen molar-refractivity contribution in [1.29, 1.82) is 0 Å². The summed E-state index contributed by atoms with van der Waals surface area (Å²) >= 11 is 6.50. The van der Waals surface area contributed by atoms with Gasteiger partial charge in [-0.1, -0.05) is 29.8 Å². The molecule has 0 bridgehead atoms. The number of hydrogen-bond donors (Lipinski definition) is 2. The second kappa shape index (κ2) is 6.49. The average molecular weight is 393 g/mol. The minimum Gasteiger partial charge on any atom is -0.508 e. The number of aromatic hydroxyl groups is 1. The van der Waals surface area contributed by atoms with Crippen LogP contribution < -0.4 is 5.32 Å². The topological polar surface area (TPSA) is 80.0 Å². The normalized spacial score (nSPS) is 18.5. The summed E-state index contributed by atoms with van der Waals surface area (Å²) in [5, 5.41) is 18.1. The molecule has 5 rings (SSSR count). The van der Waals surface area contributed by atoms with E-state index in [-0.39, 0.29) is 11.5 Å². The van der Waals surface area contributed by atoms with Gasteiger partial charge >= 0.3 is 0 Å². The SMILES string of the molecule is O=C1CCCC2=C1[C@@H](c1ccccc1Cl)n1nc(-c3ccc(O)cc3)nc1N2. The van der Waals surface area contributed by atoms with Crippen molar-refractivity contribution >= 4 is 23.3 Å². The number of aromatic nitrogens is 3. The molecule has 0 radical (unpaired) electrons. The van der Waals surface area contributed by atoms with Gasteiger partial charge in [0, 0.05) is 33.8 Å². The van der Waals surface area contributed by atoms with E-state index in [1.54, 1.807) is 28.9 Å². The minimum atomic E-state index is -0.411. The lowest BCUT2D eigenvalue weighted by Gasteiger charge is -2.32. The Kier molecular flexibility index (Phi) is 3.94. The van der Waals surface area contributed by atoms with Crippen molar-refractivity contribution in [2.75, 3.05) is 5.32 Å². The number of allylic oxidation sites excluding steroid dienone is 2. The molecule has 1 atom stereocenters. The highest BCUT2D eigenvalue weighted by atomic mass is 35.5. The summed E-state index contributed by atoms with van der Waals surface area (Å²) in [6, 6.07) is 13.8. The molecule has 0 fully saturated rings. The summed E-state index contributed by atoms with van der Waals surface area (Å²) < 4.78 is 1.74. The summed E-state index contributed by atoms with van der Waals surface area (Å²) in [6.07, 6.45) is 2.14. The van der Waals surface area contributed by atoms with Crippen LogP contribution in [0.25, 0.3) is 11.4 Å². The van der Waals surface area contributed by atoms with Crippen molar-refractivity contribution in [3.8, 4) is 17.1 Å². The lowest BCUT2D eigenvalue weighted by atomic mass is 9.85. The first-order chi connectivity index (χ1) is 13.6. The molecule has 0 amide bonds. The van der Waals surface area contributed by atoms with E-state index in [0.717, 1.165) is 29.7 Å². The number of rotatable bonds is 2. The number of nitrogens with zero attached hydrogens (tertiary/aromatic N) is 3. The van der Waals surface area contributed by atoms with E-state index in [2.05, 4.69) is 10.3 Å². The Morgan fingerprint density at radius 1 is 1.11 bits per heavy atom. The third-order valence-electron chi connectivity index (χ3n) is 5.19. The zero-order valence-corrected chi connectivity index (χ0v) is 15.6. The Balaban J connectivity index is 1.69. The fourth-order valence-corrected chi connectivity index (χ4v) is 4.11. The predicted molar refractivity (Wildman–Crippen MR) is 106 cm³/mol.